The fourth-order valence-corrected chi connectivity index (χ4v) is 0.873. The maximum atomic E-state index is 8.92. The van der Waals surface area contributed by atoms with Crippen LogP contribution < -0.4 is 4.73 Å². The largest absolute Gasteiger partial charge is 0.340 e. The summed E-state index contributed by atoms with van der Waals surface area (Å²) in [6, 6.07) is 1.73. The molecular formula is C6H6N3O+. The molecule has 0 aromatic carbocycles. The molecule has 0 saturated carbocycles. The Morgan fingerprint density at radius 3 is 3.40 bits per heavy atom. The highest BCUT2D eigenvalue weighted by atomic mass is 16.5. The van der Waals surface area contributed by atoms with Crippen molar-refractivity contribution in [1.82, 2.24) is 9.97 Å². The lowest BCUT2D eigenvalue weighted by Crippen LogP contribution is -2.27. The van der Waals surface area contributed by atoms with E-state index in [0.717, 1.165) is 15.8 Å². The molecule has 50 valence electrons. The van der Waals surface area contributed by atoms with Gasteiger partial charge in [0.1, 0.15) is 11.0 Å². The van der Waals surface area contributed by atoms with Gasteiger partial charge in [-0.3, -0.25) is 5.21 Å². The van der Waals surface area contributed by atoms with Gasteiger partial charge in [0.2, 0.25) is 12.4 Å². The zero-order valence-electron chi connectivity index (χ0n) is 5.15. The van der Waals surface area contributed by atoms with Gasteiger partial charge in [-0.2, -0.15) is 0 Å². The lowest BCUT2D eigenvalue weighted by molar-refractivity contribution is -0.904. The van der Waals surface area contributed by atoms with E-state index >= 15 is 0 Å². The molecule has 0 spiro atoms. The number of hydrogen-bond donors (Lipinski definition) is 2. The monoisotopic (exact) mass is 136 g/mol. The van der Waals surface area contributed by atoms with Crippen LogP contribution in [0.4, 0.5) is 0 Å². The lowest BCUT2D eigenvalue weighted by Gasteiger charge is -1.81. The first-order valence-corrected chi connectivity index (χ1v) is 2.90. The van der Waals surface area contributed by atoms with Crippen molar-refractivity contribution in [2.24, 2.45) is 0 Å². The molecule has 2 aromatic rings. The third-order valence-electron chi connectivity index (χ3n) is 1.35. The first-order chi connectivity index (χ1) is 4.86. The van der Waals surface area contributed by atoms with E-state index < -0.39 is 0 Å². The highest BCUT2D eigenvalue weighted by Gasteiger charge is 2.00. The summed E-state index contributed by atoms with van der Waals surface area (Å²) in [6.45, 7) is 0. The van der Waals surface area contributed by atoms with Crippen LogP contribution in [0.25, 0.3) is 11.0 Å². The second kappa shape index (κ2) is 1.70. The molecule has 0 amide bonds. The maximum absolute atomic E-state index is 8.92. The van der Waals surface area contributed by atoms with Crippen molar-refractivity contribution < 1.29 is 9.94 Å². The van der Waals surface area contributed by atoms with Crippen LogP contribution >= 0.6 is 0 Å². The Kier molecular flexibility index (Phi) is 0.887. The topological polar surface area (TPSA) is 52.8 Å². The van der Waals surface area contributed by atoms with Crippen molar-refractivity contribution in [3.8, 4) is 0 Å². The molecule has 0 aliphatic heterocycles. The quantitative estimate of drug-likeness (QED) is 0.398. The van der Waals surface area contributed by atoms with Crippen LogP contribution in [-0.2, 0) is 0 Å². The molecule has 0 atom stereocenters. The first-order valence-electron chi connectivity index (χ1n) is 2.90. The van der Waals surface area contributed by atoms with Gasteiger partial charge < -0.3 is 4.98 Å². The van der Waals surface area contributed by atoms with E-state index in [1.165, 1.54) is 6.20 Å². The SMILES string of the molecule is O[n+]1ccc2nc[nH]c2c1. The summed E-state index contributed by atoms with van der Waals surface area (Å²) in [7, 11) is 0. The summed E-state index contributed by atoms with van der Waals surface area (Å²) >= 11 is 0. The fraction of sp³-hybridized carbons (Fsp3) is 0. The molecule has 2 rings (SSSR count). The van der Waals surface area contributed by atoms with Crippen molar-refractivity contribution >= 4 is 11.0 Å². The number of aromatic nitrogens is 3. The van der Waals surface area contributed by atoms with Crippen LogP contribution in [0.3, 0.4) is 0 Å². The Bertz CT molecular complexity index is 355. The van der Waals surface area contributed by atoms with Crippen LogP contribution in [0.2, 0.25) is 0 Å². The van der Waals surface area contributed by atoms with Crippen molar-refractivity contribution in [2.75, 3.05) is 0 Å². The number of nitrogens with zero attached hydrogens (tertiary/aromatic N) is 2. The molecule has 0 fully saturated rings. The van der Waals surface area contributed by atoms with Crippen molar-refractivity contribution in [2.45, 2.75) is 0 Å². The van der Waals surface area contributed by atoms with Gasteiger partial charge in [0.05, 0.1) is 6.33 Å². The number of pyridine rings is 1. The van der Waals surface area contributed by atoms with E-state index in [-0.39, 0.29) is 0 Å². The molecule has 4 heteroatoms. The third kappa shape index (κ3) is 0.621. The van der Waals surface area contributed by atoms with Gasteiger partial charge in [-0.15, -0.1) is 0 Å². The number of nitrogens with one attached hydrogen (secondary N) is 1. The van der Waals surface area contributed by atoms with Gasteiger partial charge >= 0.3 is 0 Å². The minimum Gasteiger partial charge on any atom is -0.340 e. The third-order valence-corrected chi connectivity index (χ3v) is 1.35. The second-order valence-corrected chi connectivity index (χ2v) is 2.03. The molecule has 0 bridgehead atoms. The lowest BCUT2D eigenvalue weighted by atomic mass is 10.4. The fourth-order valence-electron chi connectivity index (χ4n) is 0.873. The average molecular weight is 136 g/mol. The zero-order valence-corrected chi connectivity index (χ0v) is 5.15. The summed E-state index contributed by atoms with van der Waals surface area (Å²) in [5.74, 6) is 0. The van der Waals surface area contributed by atoms with Gasteiger partial charge in [0.15, 0.2) is 0 Å². The van der Waals surface area contributed by atoms with E-state index in [0.29, 0.717) is 0 Å². The summed E-state index contributed by atoms with van der Waals surface area (Å²) < 4.78 is 0.987. The Labute approximate surface area is 56.7 Å². The smallest absolute Gasteiger partial charge is 0.247 e. The molecule has 0 unspecified atom stereocenters. The minimum atomic E-state index is 0.824. The predicted molar refractivity (Wildman–Crippen MR) is 33.5 cm³/mol. The van der Waals surface area contributed by atoms with Crippen molar-refractivity contribution in [3.05, 3.63) is 24.8 Å². The van der Waals surface area contributed by atoms with E-state index in [1.54, 1.807) is 18.6 Å². The summed E-state index contributed by atoms with van der Waals surface area (Å²) in [5, 5.41) is 8.92. The van der Waals surface area contributed by atoms with Gasteiger partial charge in [-0.1, -0.05) is 0 Å². The van der Waals surface area contributed by atoms with Crippen LogP contribution in [0, 0.1) is 0 Å². The highest BCUT2D eigenvalue weighted by molar-refractivity contribution is 5.71. The molecule has 2 N–H and O–H groups in total. The second-order valence-electron chi connectivity index (χ2n) is 2.03. The van der Waals surface area contributed by atoms with E-state index in [4.69, 9.17) is 5.21 Å². The Hall–Kier alpha value is -1.58. The van der Waals surface area contributed by atoms with Gasteiger partial charge in [-0.25, -0.2) is 4.98 Å². The van der Waals surface area contributed by atoms with Crippen LogP contribution in [0.15, 0.2) is 24.8 Å². The average Bonchev–Trinajstić information content (AvgIpc) is 2.33. The van der Waals surface area contributed by atoms with E-state index in [9.17, 15) is 0 Å². The molecule has 0 aliphatic rings. The normalized spacial score (nSPS) is 10.4. The summed E-state index contributed by atoms with van der Waals surface area (Å²) in [5.41, 5.74) is 1.68. The van der Waals surface area contributed by atoms with E-state index in [2.05, 4.69) is 9.97 Å². The standard InChI is InChI=1S/C6H5N3O/c10-9-2-1-5-6(3-9)8-4-7-5/h1-4,10H/p+1. The molecule has 2 aromatic heterocycles. The van der Waals surface area contributed by atoms with Crippen molar-refractivity contribution in [3.63, 3.8) is 0 Å². The Morgan fingerprint density at radius 1 is 1.60 bits per heavy atom. The molecular weight excluding hydrogens is 130 g/mol. The minimum absolute atomic E-state index is 0.824. The number of H-pyrrole nitrogens is 1. The number of imidazole rings is 1. The number of hydrogen-bond acceptors (Lipinski definition) is 2. The zero-order chi connectivity index (χ0) is 6.97. The van der Waals surface area contributed by atoms with Crippen molar-refractivity contribution in [1.29, 1.82) is 0 Å². The maximum Gasteiger partial charge on any atom is 0.247 e. The molecule has 0 radical (unpaired) electrons. The number of rotatable bonds is 0. The Morgan fingerprint density at radius 2 is 2.50 bits per heavy atom. The first kappa shape index (κ1) is 5.22. The molecule has 0 aliphatic carbocycles. The Balaban J connectivity index is 2.86. The molecule has 2 heterocycles. The van der Waals surface area contributed by atoms with Gasteiger partial charge in [-0.05, 0) is 0 Å². The van der Waals surface area contributed by atoms with E-state index in [1.807, 2.05) is 0 Å². The molecule has 10 heavy (non-hydrogen) atoms. The molecule has 4 nitrogen and oxygen atoms in total. The number of fused-ring (bicyclic) bond motifs is 1. The molecule has 0 saturated heterocycles. The van der Waals surface area contributed by atoms with Gasteiger partial charge in [0, 0.05) is 10.8 Å². The van der Waals surface area contributed by atoms with Crippen LogP contribution in [-0.4, -0.2) is 15.2 Å². The predicted octanol–water partition coefficient (Wildman–Crippen LogP) is 0.0877. The summed E-state index contributed by atoms with van der Waals surface area (Å²) in [4.78, 5) is 6.85. The van der Waals surface area contributed by atoms with Gasteiger partial charge in [0.25, 0.3) is 0 Å². The van der Waals surface area contributed by atoms with Crippen LogP contribution in [0.1, 0.15) is 0 Å². The van der Waals surface area contributed by atoms with Crippen LogP contribution in [0.5, 0.6) is 0 Å². The highest BCUT2D eigenvalue weighted by Crippen LogP contribution is 2.02. The summed E-state index contributed by atoms with van der Waals surface area (Å²) in [6.07, 6.45) is 4.68. The number of aromatic amines is 1.